The van der Waals surface area contributed by atoms with Gasteiger partial charge in [-0.05, 0) is 44.2 Å². The summed E-state index contributed by atoms with van der Waals surface area (Å²) in [5, 5.41) is 0. The third kappa shape index (κ3) is 6.19. The maximum atomic E-state index is 10.8. The molecule has 1 unspecified atom stereocenters. The molecule has 0 radical (unpaired) electrons. The highest BCUT2D eigenvalue weighted by molar-refractivity contribution is 5.66. The summed E-state index contributed by atoms with van der Waals surface area (Å²) in [5.41, 5.74) is 2.38. The average Bonchev–Trinajstić information content (AvgIpc) is 2.55. The number of aromatic nitrogens is 2. The average molecular weight is 312 g/mol. The zero-order valence-electron chi connectivity index (χ0n) is 13.9. The molecule has 122 valence electrons. The summed E-state index contributed by atoms with van der Waals surface area (Å²) < 4.78 is 5.12. The minimum atomic E-state index is -0.194. The van der Waals surface area contributed by atoms with Crippen LogP contribution >= 0.6 is 0 Å². The number of ether oxygens (including phenoxy) is 1. The quantitative estimate of drug-likeness (QED) is 0.541. The summed E-state index contributed by atoms with van der Waals surface area (Å²) in [4.78, 5) is 19.3. The van der Waals surface area contributed by atoms with E-state index in [4.69, 9.17) is 4.74 Å². The van der Waals surface area contributed by atoms with Crippen LogP contribution < -0.4 is 0 Å². The van der Waals surface area contributed by atoms with Gasteiger partial charge in [0.25, 0.3) is 0 Å². The van der Waals surface area contributed by atoms with E-state index in [1.165, 1.54) is 12.5 Å². The summed E-state index contributed by atoms with van der Waals surface area (Å²) in [7, 11) is 0. The minimum Gasteiger partial charge on any atom is -0.463 e. The van der Waals surface area contributed by atoms with Gasteiger partial charge in [0.05, 0.1) is 6.10 Å². The number of carbonyl (C=O) groups excluding carboxylic acids is 1. The molecule has 1 heterocycles. The molecule has 1 atom stereocenters. The van der Waals surface area contributed by atoms with Crippen LogP contribution in [0.5, 0.6) is 0 Å². The SMILES string of the molecule is CC(=O)OC(C)CCCCCc1ccc(-c2ncccn2)cc1. The van der Waals surface area contributed by atoms with E-state index >= 15 is 0 Å². The van der Waals surface area contributed by atoms with Gasteiger partial charge in [-0.3, -0.25) is 4.79 Å². The minimum absolute atomic E-state index is 0.0256. The van der Waals surface area contributed by atoms with Gasteiger partial charge in [0.15, 0.2) is 5.82 Å². The first-order chi connectivity index (χ1) is 11.1. The predicted octanol–water partition coefficient (Wildman–Crippen LogP) is 4.20. The van der Waals surface area contributed by atoms with Gasteiger partial charge in [-0.1, -0.05) is 30.7 Å². The van der Waals surface area contributed by atoms with Gasteiger partial charge >= 0.3 is 5.97 Å². The van der Waals surface area contributed by atoms with Gasteiger partial charge < -0.3 is 4.74 Å². The standard InChI is InChI=1S/C19H24N2O2/c1-15(23-16(2)22)7-4-3-5-8-17-9-11-18(12-10-17)19-20-13-6-14-21-19/h6,9-15H,3-5,7-8H2,1-2H3. The summed E-state index contributed by atoms with van der Waals surface area (Å²) in [6, 6.07) is 10.3. The Morgan fingerprint density at radius 1 is 1.09 bits per heavy atom. The highest BCUT2D eigenvalue weighted by atomic mass is 16.5. The van der Waals surface area contributed by atoms with Crippen LogP contribution in [-0.2, 0) is 16.0 Å². The second kappa shape index (κ2) is 9.03. The summed E-state index contributed by atoms with van der Waals surface area (Å²) in [5.74, 6) is 0.568. The number of rotatable bonds is 8. The molecule has 0 aliphatic heterocycles. The summed E-state index contributed by atoms with van der Waals surface area (Å²) >= 11 is 0. The lowest BCUT2D eigenvalue weighted by Gasteiger charge is -2.11. The van der Waals surface area contributed by atoms with Crippen LogP contribution in [0.4, 0.5) is 0 Å². The van der Waals surface area contributed by atoms with E-state index < -0.39 is 0 Å². The lowest BCUT2D eigenvalue weighted by Crippen LogP contribution is -2.11. The highest BCUT2D eigenvalue weighted by Crippen LogP contribution is 2.16. The van der Waals surface area contributed by atoms with Gasteiger partial charge in [-0.2, -0.15) is 0 Å². The number of aryl methyl sites for hydroxylation is 1. The van der Waals surface area contributed by atoms with Crippen LogP contribution in [0.3, 0.4) is 0 Å². The molecule has 1 aromatic carbocycles. The number of hydrogen-bond acceptors (Lipinski definition) is 4. The Labute approximate surface area is 137 Å². The Morgan fingerprint density at radius 3 is 2.43 bits per heavy atom. The molecule has 0 saturated carbocycles. The maximum absolute atomic E-state index is 10.8. The van der Waals surface area contributed by atoms with Crippen LogP contribution in [0.1, 0.15) is 45.1 Å². The fourth-order valence-corrected chi connectivity index (χ4v) is 2.55. The van der Waals surface area contributed by atoms with Crippen molar-refractivity contribution in [3.63, 3.8) is 0 Å². The van der Waals surface area contributed by atoms with Gasteiger partial charge in [-0.15, -0.1) is 0 Å². The van der Waals surface area contributed by atoms with E-state index in [2.05, 4.69) is 34.2 Å². The molecule has 4 nitrogen and oxygen atoms in total. The first-order valence-corrected chi connectivity index (χ1v) is 8.18. The molecule has 0 spiro atoms. The van der Waals surface area contributed by atoms with Crippen molar-refractivity contribution in [1.29, 1.82) is 0 Å². The molecule has 23 heavy (non-hydrogen) atoms. The number of unbranched alkanes of at least 4 members (excludes halogenated alkanes) is 2. The molecule has 0 aliphatic carbocycles. The molecule has 1 aromatic heterocycles. The Balaban J connectivity index is 1.70. The van der Waals surface area contributed by atoms with Crippen molar-refractivity contribution in [2.45, 2.75) is 52.1 Å². The van der Waals surface area contributed by atoms with E-state index in [0.29, 0.717) is 0 Å². The van der Waals surface area contributed by atoms with Crippen molar-refractivity contribution in [1.82, 2.24) is 9.97 Å². The van der Waals surface area contributed by atoms with Crippen LogP contribution in [0, 0.1) is 0 Å². The molecule has 4 heteroatoms. The molecule has 0 amide bonds. The number of esters is 1. The number of carbonyl (C=O) groups is 1. The number of benzene rings is 1. The van der Waals surface area contributed by atoms with E-state index in [-0.39, 0.29) is 12.1 Å². The van der Waals surface area contributed by atoms with Crippen LogP contribution in [0.2, 0.25) is 0 Å². The second-order valence-corrected chi connectivity index (χ2v) is 5.79. The van der Waals surface area contributed by atoms with Gasteiger partial charge in [0, 0.05) is 24.9 Å². The van der Waals surface area contributed by atoms with Gasteiger partial charge in [0.2, 0.25) is 0 Å². The third-order valence-corrected chi connectivity index (χ3v) is 3.72. The normalized spacial score (nSPS) is 11.9. The molecule has 2 aromatic rings. The number of nitrogens with zero attached hydrogens (tertiary/aromatic N) is 2. The lowest BCUT2D eigenvalue weighted by atomic mass is 10.0. The van der Waals surface area contributed by atoms with E-state index in [9.17, 15) is 4.79 Å². The van der Waals surface area contributed by atoms with Crippen molar-refractivity contribution in [3.8, 4) is 11.4 Å². The van der Waals surface area contributed by atoms with Crippen LogP contribution in [-0.4, -0.2) is 22.0 Å². The number of hydrogen-bond donors (Lipinski definition) is 0. The Morgan fingerprint density at radius 2 is 1.78 bits per heavy atom. The first-order valence-electron chi connectivity index (χ1n) is 8.18. The fourth-order valence-electron chi connectivity index (χ4n) is 2.55. The lowest BCUT2D eigenvalue weighted by molar-refractivity contribution is -0.145. The molecule has 0 saturated heterocycles. The molecule has 0 N–H and O–H groups in total. The van der Waals surface area contributed by atoms with Crippen molar-refractivity contribution in [2.24, 2.45) is 0 Å². The highest BCUT2D eigenvalue weighted by Gasteiger charge is 2.05. The Kier molecular flexibility index (Phi) is 6.73. The van der Waals surface area contributed by atoms with E-state index in [0.717, 1.165) is 43.5 Å². The maximum Gasteiger partial charge on any atom is 0.302 e. The molecule has 0 bridgehead atoms. The zero-order valence-corrected chi connectivity index (χ0v) is 13.9. The third-order valence-electron chi connectivity index (χ3n) is 3.72. The van der Waals surface area contributed by atoms with Crippen LogP contribution in [0.25, 0.3) is 11.4 Å². The summed E-state index contributed by atoms with van der Waals surface area (Å²) in [6.45, 7) is 3.41. The van der Waals surface area contributed by atoms with Gasteiger partial charge in [-0.25, -0.2) is 9.97 Å². The van der Waals surface area contributed by atoms with Crippen LogP contribution in [0.15, 0.2) is 42.7 Å². The molecule has 0 aliphatic rings. The van der Waals surface area contributed by atoms with Crippen molar-refractivity contribution >= 4 is 5.97 Å². The topological polar surface area (TPSA) is 52.1 Å². The molecular formula is C19H24N2O2. The fraction of sp³-hybridized carbons (Fsp3) is 0.421. The van der Waals surface area contributed by atoms with E-state index in [1.54, 1.807) is 12.4 Å². The second-order valence-electron chi connectivity index (χ2n) is 5.79. The molecule has 0 fully saturated rings. The van der Waals surface area contributed by atoms with Crippen molar-refractivity contribution in [2.75, 3.05) is 0 Å². The van der Waals surface area contributed by atoms with E-state index in [1.807, 2.05) is 13.0 Å². The Hall–Kier alpha value is -2.23. The smallest absolute Gasteiger partial charge is 0.302 e. The largest absolute Gasteiger partial charge is 0.463 e. The monoisotopic (exact) mass is 312 g/mol. The predicted molar refractivity (Wildman–Crippen MR) is 90.9 cm³/mol. The van der Waals surface area contributed by atoms with Gasteiger partial charge in [0.1, 0.15) is 0 Å². The Bertz CT molecular complexity index is 597. The first kappa shape index (κ1) is 17.1. The van der Waals surface area contributed by atoms with Crippen molar-refractivity contribution < 1.29 is 9.53 Å². The summed E-state index contributed by atoms with van der Waals surface area (Å²) in [6.07, 6.45) is 8.92. The zero-order chi connectivity index (χ0) is 16.5. The molecular weight excluding hydrogens is 288 g/mol. The molecule has 2 rings (SSSR count). The van der Waals surface area contributed by atoms with Crippen molar-refractivity contribution in [3.05, 3.63) is 48.3 Å².